The van der Waals surface area contributed by atoms with Crippen molar-refractivity contribution in [1.29, 1.82) is 0 Å². The first kappa shape index (κ1) is 15.7. The van der Waals surface area contributed by atoms with E-state index in [-0.39, 0.29) is 29.0 Å². The number of anilines is 1. The fourth-order valence-electron chi connectivity index (χ4n) is 3.27. The van der Waals surface area contributed by atoms with Crippen molar-refractivity contribution in [2.75, 3.05) is 24.5 Å². The molecule has 22 heavy (non-hydrogen) atoms. The van der Waals surface area contributed by atoms with Gasteiger partial charge in [-0.25, -0.2) is 4.39 Å². The van der Waals surface area contributed by atoms with Gasteiger partial charge in [0.2, 0.25) is 5.91 Å². The van der Waals surface area contributed by atoms with Crippen molar-refractivity contribution >= 4 is 23.2 Å². The van der Waals surface area contributed by atoms with E-state index in [1.54, 1.807) is 11.0 Å². The number of aliphatic hydroxyl groups is 1. The van der Waals surface area contributed by atoms with Crippen molar-refractivity contribution in [3.05, 3.63) is 29.0 Å². The Morgan fingerprint density at radius 1 is 1.32 bits per heavy atom. The van der Waals surface area contributed by atoms with Crippen LogP contribution < -0.4 is 4.90 Å². The van der Waals surface area contributed by atoms with Crippen LogP contribution in [0.15, 0.2) is 18.2 Å². The normalized spacial score (nSPS) is 30.1. The summed E-state index contributed by atoms with van der Waals surface area (Å²) in [5.74, 6) is -0.203. The summed E-state index contributed by atoms with van der Waals surface area (Å²) in [6.45, 7) is 3.99. The van der Waals surface area contributed by atoms with E-state index in [1.807, 2.05) is 6.92 Å². The Bertz CT molecular complexity index is 583. The summed E-state index contributed by atoms with van der Waals surface area (Å²) in [5, 5.41) is 10.0. The Hall–Kier alpha value is -1.17. The van der Waals surface area contributed by atoms with Crippen LogP contribution in [-0.2, 0) is 4.79 Å². The lowest BCUT2D eigenvalue weighted by Gasteiger charge is -2.37. The van der Waals surface area contributed by atoms with E-state index >= 15 is 0 Å². The molecule has 0 spiro atoms. The smallest absolute Gasteiger partial charge is 0.244 e. The molecule has 1 amide bonds. The lowest BCUT2D eigenvalue weighted by atomic mass is 9.94. The third-order valence-electron chi connectivity index (χ3n) is 4.78. The van der Waals surface area contributed by atoms with Crippen LogP contribution in [0.2, 0.25) is 5.02 Å². The van der Waals surface area contributed by atoms with Crippen LogP contribution in [-0.4, -0.2) is 47.7 Å². The van der Waals surface area contributed by atoms with Gasteiger partial charge < -0.3 is 10.0 Å². The summed E-state index contributed by atoms with van der Waals surface area (Å²) in [6, 6.07) is 4.15. The molecule has 4 nitrogen and oxygen atoms in total. The Morgan fingerprint density at radius 3 is 2.77 bits per heavy atom. The van der Waals surface area contributed by atoms with Crippen molar-refractivity contribution in [1.82, 2.24) is 4.90 Å². The summed E-state index contributed by atoms with van der Waals surface area (Å²) in [6.07, 6.45) is 1.23. The minimum atomic E-state index is -0.484. The van der Waals surface area contributed by atoms with Gasteiger partial charge in [0.15, 0.2) is 0 Å². The lowest BCUT2D eigenvalue weighted by Crippen LogP contribution is -2.50. The van der Waals surface area contributed by atoms with Gasteiger partial charge in [-0.1, -0.05) is 18.5 Å². The molecule has 3 rings (SSSR count). The maximum Gasteiger partial charge on any atom is 0.244 e. The standard InChI is InChI=1S/C16H20ClFN2O2/c1-10-4-6-19(9-15(10)21)14-5-7-20(16(14)22)11-2-3-13(18)12(17)8-11/h2-3,8,10,14-15,21H,4-7,9H2,1H3. The van der Waals surface area contributed by atoms with Crippen molar-refractivity contribution in [3.8, 4) is 0 Å². The van der Waals surface area contributed by atoms with Gasteiger partial charge in [0, 0.05) is 18.8 Å². The monoisotopic (exact) mass is 326 g/mol. The number of piperidine rings is 1. The molecule has 1 aromatic carbocycles. The highest BCUT2D eigenvalue weighted by Crippen LogP contribution is 2.29. The van der Waals surface area contributed by atoms with Crippen molar-refractivity contribution in [2.45, 2.75) is 31.9 Å². The topological polar surface area (TPSA) is 43.8 Å². The van der Waals surface area contributed by atoms with E-state index in [0.29, 0.717) is 18.8 Å². The minimum Gasteiger partial charge on any atom is -0.392 e. The lowest BCUT2D eigenvalue weighted by molar-refractivity contribution is -0.123. The average molecular weight is 327 g/mol. The van der Waals surface area contributed by atoms with Crippen molar-refractivity contribution in [2.24, 2.45) is 5.92 Å². The summed E-state index contributed by atoms with van der Waals surface area (Å²) in [5.41, 5.74) is 0.629. The van der Waals surface area contributed by atoms with Gasteiger partial charge in [-0.15, -0.1) is 0 Å². The molecule has 0 aliphatic carbocycles. The molecule has 2 fully saturated rings. The number of likely N-dealkylation sites (tertiary alicyclic amines) is 1. The summed E-state index contributed by atoms with van der Waals surface area (Å²) < 4.78 is 13.3. The van der Waals surface area contributed by atoms with Gasteiger partial charge in [0.1, 0.15) is 5.82 Å². The molecule has 0 radical (unpaired) electrons. The highest BCUT2D eigenvalue weighted by Gasteiger charge is 2.39. The highest BCUT2D eigenvalue weighted by atomic mass is 35.5. The molecule has 2 aliphatic rings. The van der Waals surface area contributed by atoms with Gasteiger partial charge in [-0.05, 0) is 43.5 Å². The predicted octanol–water partition coefficient (Wildman–Crippen LogP) is 2.29. The number of hydrogen-bond acceptors (Lipinski definition) is 3. The molecule has 1 aromatic rings. The van der Waals surface area contributed by atoms with E-state index in [2.05, 4.69) is 4.90 Å². The number of aliphatic hydroxyl groups excluding tert-OH is 1. The second kappa shape index (κ2) is 6.14. The number of halogens is 2. The second-order valence-corrected chi connectivity index (χ2v) is 6.63. The van der Waals surface area contributed by atoms with Crippen LogP contribution in [0.5, 0.6) is 0 Å². The van der Waals surface area contributed by atoms with Crippen LogP contribution in [0.1, 0.15) is 19.8 Å². The number of β-amino-alcohol motifs (C(OH)–C–C–N with tert-alkyl or cyclic N) is 1. The summed E-state index contributed by atoms with van der Waals surface area (Å²) >= 11 is 5.80. The fraction of sp³-hybridized carbons (Fsp3) is 0.562. The maximum absolute atomic E-state index is 13.3. The fourth-order valence-corrected chi connectivity index (χ4v) is 3.44. The van der Waals surface area contributed by atoms with E-state index in [1.165, 1.54) is 12.1 Å². The average Bonchev–Trinajstić information content (AvgIpc) is 2.87. The molecule has 0 aromatic heterocycles. The van der Waals surface area contributed by atoms with Crippen molar-refractivity contribution in [3.63, 3.8) is 0 Å². The number of benzene rings is 1. The molecule has 3 unspecified atom stereocenters. The third kappa shape index (κ3) is 2.85. The largest absolute Gasteiger partial charge is 0.392 e. The van der Waals surface area contributed by atoms with Gasteiger partial charge in [0.05, 0.1) is 17.2 Å². The molecule has 6 heteroatoms. The number of hydrogen-bond donors (Lipinski definition) is 1. The second-order valence-electron chi connectivity index (χ2n) is 6.22. The molecule has 120 valence electrons. The maximum atomic E-state index is 13.3. The van der Waals surface area contributed by atoms with Crippen LogP contribution in [0.3, 0.4) is 0 Å². The Morgan fingerprint density at radius 2 is 2.09 bits per heavy atom. The summed E-state index contributed by atoms with van der Waals surface area (Å²) in [4.78, 5) is 16.4. The first-order valence-electron chi connectivity index (χ1n) is 7.66. The Labute approximate surface area is 134 Å². The number of carbonyl (C=O) groups excluding carboxylic acids is 1. The van der Waals surface area contributed by atoms with Crippen LogP contribution >= 0.6 is 11.6 Å². The molecule has 1 N–H and O–H groups in total. The first-order chi connectivity index (χ1) is 10.5. The molecular formula is C16H20ClFN2O2. The highest BCUT2D eigenvalue weighted by molar-refractivity contribution is 6.31. The van der Waals surface area contributed by atoms with E-state index in [9.17, 15) is 14.3 Å². The zero-order chi connectivity index (χ0) is 15.9. The van der Waals surface area contributed by atoms with E-state index in [0.717, 1.165) is 19.4 Å². The van der Waals surface area contributed by atoms with Crippen LogP contribution in [0.4, 0.5) is 10.1 Å². The predicted molar refractivity (Wildman–Crippen MR) is 83.5 cm³/mol. The van der Waals surface area contributed by atoms with Crippen molar-refractivity contribution < 1.29 is 14.3 Å². The zero-order valence-electron chi connectivity index (χ0n) is 12.5. The van der Waals surface area contributed by atoms with Gasteiger partial charge in [0.25, 0.3) is 0 Å². The first-order valence-corrected chi connectivity index (χ1v) is 8.03. The molecule has 2 saturated heterocycles. The van der Waals surface area contributed by atoms with Gasteiger partial charge in [-0.2, -0.15) is 0 Å². The van der Waals surface area contributed by atoms with E-state index < -0.39 is 5.82 Å². The Balaban J connectivity index is 1.73. The van der Waals surface area contributed by atoms with Crippen LogP contribution in [0, 0.1) is 11.7 Å². The number of rotatable bonds is 2. The van der Waals surface area contributed by atoms with Crippen LogP contribution in [0.25, 0.3) is 0 Å². The van der Waals surface area contributed by atoms with E-state index in [4.69, 9.17) is 11.6 Å². The molecular weight excluding hydrogens is 307 g/mol. The molecule has 3 atom stereocenters. The minimum absolute atomic E-state index is 0.00410. The number of nitrogens with zero attached hydrogens (tertiary/aromatic N) is 2. The third-order valence-corrected chi connectivity index (χ3v) is 5.07. The molecule has 2 aliphatic heterocycles. The quantitative estimate of drug-likeness (QED) is 0.907. The SMILES string of the molecule is CC1CCN(C2CCN(c3ccc(F)c(Cl)c3)C2=O)CC1O. The Kier molecular flexibility index (Phi) is 4.39. The summed E-state index contributed by atoms with van der Waals surface area (Å²) in [7, 11) is 0. The van der Waals surface area contributed by atoms with Gasteiger partial charge in [-0.3, -0.25) is 9.69 Å². The molecule has 0 saturated carbocycles. The molecule has 2 heterocycles. The van der Waals surface area contributed by atoms with Gasteiger partial charge >= 0.3 is 0 Å². The number of amides is 1. The molecule has 0 bridgehead atoms. The zero-order valence-corrected chi connectivity index (χ0v) is 13.3. The number of carbonyl (C=O) groups is 1.